The number of ether oxygens (including phenoxy) is 2. The Hall–Kier alpha value is -1.46. The highest BCUT2D eigenvalue weighted by atomic mass is 79.9. The van der Waals surface area contributed by atoms with E-state index in [4.69, 9.17) is 21.1 Å². The van der Waals surface area contributed by atoms with Gasteiger partial charge in [-0.1, -0.05) is 11.6 Å². The Kier molecular flexibility index (Phi) is 3.48. The summed E-state index contributed by atoms with van der Waals surface area (Å²) >= 11 is 9.31. The molecule has 98 valence electrons. The molecule has 1 N–H and O–H groups in total. The fourth-order valence-electron chi connectivity index (χ4n) is 1.84. The van der Waals surface area contributed by atoms with Crippen LogP contribution in [-0.4, -0.2) is 11.8 Å². The van der Waals surface area contributed by atoms with Gasteiger partial charge in [-0.05, 0) is 45.8 Å². The average molecular weight is 342 g/mol. The van der Waals surface area contributed by atoms with Crippen LogP contribution in [0.1, 0.15) is 5.56 Å². The molecule has 0 amide bonds. The lowest BCUT2D eigenvalue weighted by molar-refractivity contribution is 0.173. The van der Waals surface area contributed by atoms with Crippen LogP contribution in [0.25, 0.3) is 0 Å². The molecule has 1 aromatic carbocycles. The molecule has 2 heterocycles. The molecule has 4 nitrogen and oxygen atoms in total. The minimum absolute atomic E-state index is 0.269. The van der Waals surface area contributed by atoms with Crippen molar-refractivity contribution >= 4 is 33.2 Å². The molecule has 0 saturated carbocycles. The smallest absolute Gasteiger partial charge is 0.231 e. The number of nitrogens with one attached hydrogen (secondary N) is 1. The normalized spacial score (nSPS) is 12.5. The van der Waals surface area contributed by atoms with Crippen LogP contribution < -0.4 is 14.8 Å². The lowest BCUT2D eigenvalue weighted by Gasteiger charge is -2.08. The number of nitrogens with zero attached hydrogens (tertiary/aromatic N) is 1. The van der Waals surface area contributed by atoms with Crippen LogP contribution in [0.4, 0.5) is 5.69 Å². The maximum Gasteiger partial charge on any atom is 0.231 e. The third kappa shape index (κ3) is 2.77. The Bertz CT molecular complexity index is 622. The maximum atomic E-state index is 5.83. The van der Waals surface area contributed by atoms with Crippen molar-refractivity contribution < 1.29 is 9.47 Å². The zero-order valence-corrected chi connectivity index (χ0v) is 12.2. The van der Waals surface area contributed by atoms with Gasteiger partial charge in [0.1, 0.15) is 5.15 Å². The highest BCUT2D eigenvalue weighted by molar-refractivity contribution is 9.10. The van der Waals surface area contributed by atoms with E-state index in [1.807, 2.05) is 18.2 Å². The van der Waals surface area contributed by atoms with Gasteiger partial charge in [0.15, 0.2) is 11.5 Å². The third-order valence-electron chi connectivity index (χ3n) is 2.71. The Morgan fingerprint density at radius 3 is 3.05 bits per heavy atom. The summed E-state index contributed by atoms with van der Waals surface area (Å²) < 4.78 is 11.6. The predicted octanol–water partition coefficient (Wildman–Crippen LogP) is 3.84. The molecule has 0 radical (unpaired) electrons. The van der Waals surface area contributed by atoms with E-state index in [9.17, 15) is 0 Å². The number of benzene rings is 1. The van der Waals surface area contributed by atoms with E-state index in [2.05, 4.69) is 26.2 Å². The molecular weight excluding hydrogens is 332 g/mol. The first kappa shape index (κ1) is 12.6. The highest BCUT2D eigenvalue weighted by Crippen LogP contribution is 2.40. The molecule has 2 aromatic rings. The minimum Gasteiger partial charge on any atom is -0.454 e. The molecule has 1 aromatic heterocycles. The standard InChI is InChI=1S/C13H10BrClN2O2/c14-10-3-8(4-11-13(10)19-7-18-11)6-17-9-1-2-16-12(15)5-9/h1-5H,6-7H2,(H,16,17). The summed E-state index contributed by atoms with van der Waals surface area (Å²) in [6, 6.07) is 7.61. The van der Waals surface area contributed by atoms with Crippen LogP contribution in [-0.2, 0) is 6.54 Å². The van der Waals surface area contributed by atoms with Gasteiger partial charge < -0.3 is 14.8 Å². The van der Waals surface area contributed by atoms with Crippen molar-refractivity contribution in [1.29, 1.82) is 0 Å². The van der Waals surface area contributed by atoms with Crippen LogP contribution in [0.5, 0.6) is 11.5 Å². The van der Waals surface area contributed by atoms with Crippen LogP contribution in [0.3, 0.4) is 0 Å². The quantitative estimate of drug-likeness (QED) is 0.862. The lowest BCUT2D eigenvalue weighted by Crippen LogP contribution is -1.99. The van der Waals surface area contributed by atoms with Crippen LogP contribution in [0.15, 0.2) is 34.9 Å². The Labute approximate surface area is 123 Å². The largest absolute Gasteiger partial charge is 0.454 e. The summed E-state index contributed by atoms with van der Waals surface area (Å²) in [6.07, 6.45) is 1.67. The number of anilines is 1. The molecule has 0 spiro atoms. The van der Waals surface area contributed by atoms with E-state index in [1.165, 1.54) is 0 Å². The molecule has 0 bridgehead atoms. The predicted molar refractivity (Wildman–Crippen MR) is 76.8 cm³/mol. The molecule has 1 aliphatic rings. The summed E-state index contributed by atoms with van der Waals surface area (Å²) in [6.45, 7) is 0.931. The van der Waals surface area contributed by atoms with Gasteiger partial charge in [-0.15, -0.1) is 0 Å². The van der Waals surface area contributed by atoms with Crippen molar-refractivity contribution in [1.82, 2.24) is 4.98 Å². The summed E-state index contributed by atoms with van der Waals surface area (Å²) in [5.41, 5.74) is 2.01. The van der Waals surface area contributed by atoms with E-state index in [0.29, 0.717) is 11.7 Å². The Morgan fingerprint density at radius 2 is 2.21 bits per heavy atom. The number of hydrogen-bond donors (Lipinski definition) is 1. The van der Waals surface area contributed by atoms with Crippen molar-refractivity contribution in [3.05, 3.63) is 45.7 Å². The van der Waals surface area contributed by atoms with Crippen LogP contribution in [0, 0.1) is 0 Å². The van der Waals surface area contributed by atoms with E-state index in [1.54, 1.807) is 12.3 Å². The van der Waals surface area contributed by atoms with Gasteiger partial charge in [-0.25, -0.2) is 4.98 Å². The summed E-state index contributed by atoms with van der Waals surface area (Å²) in [4.78, 5) is 3.94. The van der Waals surface area contributed by atoms with Crippen molar-refractivity contribution in [2.75, 3.05) is 12.1 Å². The second kappa shape index (κ2) is 5.27. The molecule has 6 heteroatoms. The maximum absolute atomic E-state index is 5.83. The third-order valence-corrected chi connectivity index (χ3v) is 3.51. The first-order chi connectivity index (χ1) is 9.22. The van der Waals surface area contributed by atoms with Crippen molar-refractivity contribution in [3.8, 4) is 11.5 Å². The Balaban J connectivity index is 1.76. The highest BCUT2D eigenvalue weighted by Gasteiger charge is 2.17. The topological polar surface area (TPSA) is 43.4 Å². The zero-order chi connectivity index (χ0) is 13.2. The van der Waals surface area contributed by atoms with E-state index < -0.39 is 0 Å². The molecule has 0 aliphatic carbocycles. The SMILES string of the molecule is Clc1cc(NCc2cc(Br)c3c(c2)OCO3)ccn1. The molecule has 0 fully saturated rings. The fourth-order valence-corrected chi connectivity index (χ4v) is 2.62. The van der Waals surface area contributed by atoms with Gasteiger partial charge in [-0.2, -0.15) is 0 Å². The molecular formula is C13H10BrClN2O2. The molecule has 0 saturated heterocycles. The molecule has 0 unspecified atom stereocenters. The van der Waals surface area contributed by atoms with E-state index >= 15 is 0 Å². The first-order valence-corrected chi connectivity index (χ1v) is 6.83. The summed E-state index contributed by atoms with van der Waals surface area (Å²) in [5.74, 6) is 1.52. The van der Waals surface area contributed by atoms with Gasteiger partial charge in [0.2, 0.25) is 6.79 Å². The number of pyridine rings is 1. The second-order valence-corrected chi connectivity index (χ2v) is 5.27. The van der Waals surface area contributed by atoms with Gasteiger partial charge in [-0.3, -0.25) is 0 Å². The Morgan fingerprint density at radius 1 is 1.32 bits per heavy atom. The molecule has 19 heavy (non-hydrogen) atoms. The number of halogens is 2. The van der Waals surface area contributed by atoms with Crippen molar-refractivity contribution in [2.45, 2.75) is 6.54 Å². The van der Waals surface area contributed by atoms with Crippen LogP contribution in [0.2, 0.25) is 5.15 Å². The second-order valence-electron chi connectivity index (χ2n) is 4.03. The van der Waals surface area contributed by atoms with Crippen molar-refractivity contribution in [2.24, 2.45) is 0 Å². The summed E-state index contributed by atoms with van der Waals surface area (Å²) in [5, 5.41) is 3.75. The summed E-state index contributed by atoms with van der Waals surface area (Å²) in [7, 11) is 0. The average Bonchev–Trinajstić information content (AvgIpc) is 2.85. The van der Waals surface area contributed by atoms with E-state index in [-0.39, 0.29) is 6.79 Å². The number of hydrogen-bond acceptors (Lipinski definition) is 4. The minimum atomic E-state index is 0.269. The van der Waals surface area contributed by atoms with Gasteiger partial charge in [0.25, 0.3) is 0 Å². The fraction of sp³-hybridized carbons (Fsp3) is 0.154. The van der Waals surface area contributed by atoms with E-state index in [0.717, 1.165) is 27.2 Å². The van der Waals surface area contributed by atoms with Gasteiger partial charge in [0.05, 0.1) is 4.47 Å². The molecule has 3 rings (SSSR count). The zero-order valence-electron chi connectivity index (χ0n) is 9.82. The van der Waals surface area contributed by atoms with Crippen molar-refractivity contribution in [3.63, 3.8) is 0 Å². The monoisotopic (exact) mass is 340 g/mol. The molecule has 0 atom stereocenters. The first-order valence-electron chi connectivity index (χ1n) is 5.66. The lowest BCUT2D eigenvalue weighted by atomic mass is 10.2. The number of fused-ring (bicyclic) bond motifs is 1. The number of rotatable bonds is 3. The van der Waals surface area contributed by atoms with Crippen LogP contribution >= 0.6 is 27.5 Å². The molecule has 1 aliphatic heterocycles. The van der Waals surface area contributed by atoms with Gasteiger partial charge in [0, 0.05) is 18.4 Å². The van der Waals surface area contributed by atoms with Gasteiger partial charge >= 0.3 is 0 Å². The number of aromatic nitrogens is 1.